The fourth-order valence-corrected chi connectivity index (χ4v) is 3.99. The van der Waals surface area contributed by atoms with Crippen LogP contribution in [0.15, 0.2) is 28.6 Å². The molecule has 2 aromatic heterocycles. The van der Waals surface area contributed by atoms with Crippen molar-refractivity contribution in [3.05, 3.63) is 24.4 Å². The second-order valence-electron chi connectivity index (χ2n) is 3.56. The minimum Gasteiger partial charge on any atom is -0.245 e. The number of sulfone groups is 1. The summed E-state index contributed by atoms with van der Waals surface area (Å²) in [6.07, 6.45) is 1.67. The normalized spacial score (nSPS) is 12.5. The van der Waals surface area contributed by atoms with Crippen LogP contribution in [0.1, 0.15) is 13.8 Å². The van der Waals surface area contributed by atoms with Crippen LogP contribution in [0.25, 0.3) is 10.2 Å². The molecule has 0 atom stereocenters. The summed E-state index contributed by atoms with van der Waals surface area (Å²) in [6, 6.07) is 5.38. The van der Waals surface area contributed by atoms with Crippen LogP contribution in [0, 0.1) is 0 Å². The van der Waals surface area contributed by atoms with Crippen molar-refractivity contribution in [1.29, 1.82) is 0 Å². The first-order valence-corrected chi connectivity index (χ1v) is 6.96. The van der Waals surface area contributed by atoms with E-state index in [-0.39, 0.29) is 5.25 Å². The average Bonchev–Trinajstić information content (AvgIpc) is 2.61. The van der Waals surface area contributed by atoms with Crippen LogP contribution in [-0.2, 0) is 9.84 Å². The Morgan fingerprint density at radius 2 is 2.13 bits per heavy atom. The van der Waals surface area contributed by atoms with E-state index < -0.39 is 9.84 Å². The molecule has 2 aromatic rings. The molecule has 0 aliphatic rings. The maximum Gasteiger partial charge on any atom is 0.190 e. The zero-order valence-electron chi connectivity index (χ0n) is 8.47. The Balaban J connectivity index is 2.64. The molecule has 2 heterocycles. The van der Waals surface area contributed by atoms with Crippen molar-refractivity contribution in [1.82, 2.24) is 4.98 Å². The molecule has 0 unspecified atom stereocenters. The van der Waals surface area contributed by atoms with Crippen LogP contribution < -0.4 is 0 Å². The van der Waals surface area contributed by atoms with Crippen molar-refractivity contribution in [2.24, 2.45) is 0 Å². The molecule has 0 spiro atoms. The number of nitrogens with zero attached hydrogens (tertiary/aromatic N) is 1. The number of pyridine rings is 1. The van der Waals surface area contributed by atoms with Crippen LogP contribution >= 0.6 is 11.3 Å². The molecule has 0 aliphatic carbocycles. The Labute approximate surface area is 92.7 Å². The van der Waals surface area contributed by atoms with Crippen molar-refractivity contribution in [3.63, 3.8) is 0 Å². The monoisotopic (exact) mass is 241 g/mol. The summed E-state index contributed by atoms with van der Waals surface area (Å²) in [4.78, 5) is 4.90. The molecule has 80 valence electrons. The first kappa shape index (κ1) is 10.6. The summed E-state index contributed by atoms with van der Waals surface area (Å²) in [6.45, 7) is 3.38. The van der Waals surface area contributed by atoms with Gasteiger partial charge in [-0.2, -0.15) is 0 Å². The fourth-order valence-electron chi connectivity index (χ4n) is 1.22. The molecule has 3 nitrogen and oxygen atoms in total. The number of hydrogen-bond donors (Lipinski definition) is 0. The van der Waals surface area contributed by atoms with Gasteiger partial charge in [-0.25, -0.2) is 13.4 Å². The molecular weight excluding hydrogens is 230 g/mol. The highest BCUT2D eigenvalue weighted by molar-refractivity contribution is 7.94. The van der Waals surface area contributed by atoms with Crippen molar-refractivity contribution < 1.29 is 8.42 Å². The Bertz CT molecular complexity index is 551. The average molecular weight is 241 g/mol. The Hall–Kier alpha value is -0.940. The van der Waals surface area contributed by atoms with Gasteiger partial charge in [0.1, 0.15) is 9.04 Å². The molecule has 0 radical (unpaired) electrons. The summed E-state index contributed by atoms with van der Waals surface area (Å²) in [5.74, 6) is 0. The number of aromatic nitrogens is 1. The zero-order chi connectivity index (χ0) is 11.1. The molecule has 0 aromatic carbocycles. The van der Waals surface area contributed by atoms with Crippen LogP contribution in [0.4, 0.5) is 0 Å². The molecule has 15 heavy (non-hydrogen) atoms. The van der Waals surface area contributed by atoms with E-state index in [1.54, 1.807) is 32.2 Å². The predicted octanol–water partition coefficient (Wildman–Crippen LogP) is 2.48. The smallest absolute Gasteiger partial charge is 0.190 e. The molecule has 0 amide bonds. The third-order valence-corrected chi connectivity index (χ3v) is 5.89. The molecule has 5 heteroatoms. The van der Waals surface area contributed by atoms with Gasteiger partial charge >= 0.3 is 0 Å². The van der Waals surface area contributed by atoms with Gasteiger partial charge in [0.05, 0.1) is 5.25 Å². The SMILES string of the molecule is CC(C)S(=O)(=O)c1cc2cccnc2s1. The van der Waals surface area contributed by atoms with E-state index in [2.05, 4.69) is 4.98 Å². The number of thiophene rings is 1. The lowest BCUT2D eigenvalue weighted by Gasteiger charge is -2.03. The molecule has 0 fully saturated rings. The molecule has 0 aliphatic heterocycles. The first-order valence-electron chi connectivity index (χ1n) is 4.60. The van der Waals surface area contributed by atoms with Crippen LogP contribution in [0.2, 0.25) is 0 Å². The molecule has 0 bridgehead atoms. The summed E-state index contributed by atoms with van der Waals surface area (Å²) < 4.78 is 24.2. The van der Waals surface area contributed by atoms with Crippen molar-refractivity contribution in [2.75, 3.05) is 0 Å². The highest BCUT2D eigenvalue weighted by Crippen LogP contribution is 2.29. The minimum atomic E-state index is -3.16. The van der Waals surface area contributed by atoms with E-state index in [4.69, 9.17) is 0 Å². The van der Waals surface area contributed by atoms with Crippen LogP contribution in [-0.4, -0.2) is 18.7 Å². The summed E-state index contributed by atoms with van der Waals surface area (Å²) in [7, 11) is -3.16. The number of rotatable bonds is 2. The number of hydrogen-bond acceptors (Lipinski definition) is 4. The maximum absolute atomic E-state index is 11.9. The van der Waals surface area contributed by atoms with E-state index in [1.165, 1.54) is 11.3 Å². The highest BCUT2D eigenvalue weighted by atomic mass is 32.2. The lowest BCUT2D eigenvalue weighted by molar-refractivity contribution is 0.589. The Morgan fingerprint density at radius 3 is 2.73 bits per heavy atom. The topological polar surface area (TPSA) is 47.0 Å². The summed E-state index contributed by atoms with van der Waals surface area (Å²) in [5.41, 5.74) is 0. The van der Waals surface area contributed by atoms with E-state index in [0.29, 0.717) is 4.21 Å². The maximum atomic E-state index is 11.9. The van der Waals surface area contributed by atoms with E-state index in [1.807, 2.05) is 6.07 Å². The van der Waals surface area contributed by atoms with Crippen LogP contribution in [0.5, 0.6) is 0 Å². The second kappa shape index (κ2) is 3.57. The molecule has 0 saturated heterocycles. The van der Waals surface area contributed by atoms with Gasteiger partial charge in [-0.05, 0) is 26.0 Å². The standard InChI is InChI=1S/C10H11NO2S2/c1-7(2)15(12,13)9-6-8-4-3-5-11-10(8)14-9/h3-7H,1-2H3. The zero-order valence-corrected chi connectivity index (χ0v) is 10.1. The third-order valence-electron chi connectivity index (χ3n) is 2.17. The van der Waals surface area contributed by atoms with Crippen molar-refractivity contribution in [2.45, 2.75) is 23.3 Å². The van der Waals surface area contributed by atoms with Crippen molar-refractivity contribution in [3.8, 4) is 0 Å². The molecule has 0 N–H and O–H groups in total. The van der Waals surface area contributed by atoms with E-state index >= 15 is 0 Å². The van der Waals surface area contributed by atoms with Gasteiger partial charge in [0.25, 0.3) is 0 Å². The van der Waals surface area contributed by atoms with Gasteiger partial charge in [-0.3, -0.25) is 0 Å². The Morgan fingerprint density at radius 1 is 1.40 bits per heavy atom. The molecule has 2 rings (SSSR count). The largest absolute Gasteiger partial charge is 0.245 e. The van der Waals surface area contributed by atoms with Gasteiger partial charge in [-0.15, -0.1) is 11.3 Å². The minimum absolute atomic E-state index is 0.384. The van der Waals surface area contributed by atoms with Gasteiger partial charge < -0.3 is 0 Å². The summed E-state index contributed by atoms with van der Waals surface area (Å²) in [5, 5.41) is 0.507. The lowest BCUT2D eigenvalue weighted by atomic mass is 10.4. The quantitative estimate of drug-likeness (QED) is 0.811. The van der Waals surface area contributed by atoms with E-state index in [0.717, 1.165) is 10.2 Å². The lowest BCUT2D eigenvalue weighted by Crippen LogP contribution is -2.12. The van der Waals surface area contributed by atoms with Gasteiger partial charge in [-0.1, -0.05) is 6.07 Å². The van der Waals surface area contributed by atoms with Crippen LogP contribution in [0.3, 0.4) is 0 Å². The van der Waals surface area contributed by atoms with Gasteiger partial charge in [0.15, 0.2) is 9.84 Å². The summed E-state index contributed by atoms with van der Waals surface area (Å²) >= 11 is 1.23. The predicted molar refractivity (Wildman–Crippen MR) is 61.9 cm³/mol. The second-order valence-corrected chi connectivity index (χ2v) is 7.32. The van der Waals surface area contributed by atoms with Gasteiger partial charge in [0.2, 0.25) is 0 Å². The Kier molecular flexibility index (Phi) is 2.52. The molecular formula is C10H11NO2S2. The number of fused-ring (bicyclic) bond motifs is 1. The van der Waals surface area contributed by atoms with E-state index in [9.17, 15) is 8.42 Å². The first-order chi connectivity index (χ1) is 7.01. The fraction of sp³-hybridized carbons (Fsp3) is 0.300. The van der Waals surface area contributed by atoms with Gasteiger partial charge in [0, 0.05) is 11.6 Å². The molecule has 0 saturated carbocycles. The van der Waals surface area contributed by atoms with Crippen molar-refractivity contribution >= 4 is 31.4 Å². The third kappa shape index (κ3) is 1.77. The highest BCUT2D eigenvalue weighted by Gasteiger charge is 2.21.